The van der Waals surface area contributed by atoms with Crippen LogP contribution in [0.1, 0.15) is 41.9 Å². The Balaban J connectivity index is 2.41. The van der Waals surface area contributed by atoms with Crippen LogP contribution in [0.2, 0.25) is 0 Å². The van der Waals surface area contributed by atoms with Crippen molar-refractivity contribution in [1.29, 1.82) is 0 Å². The first-order chi connectivity index (χ1) is 9.99. The van der Waals surface area contributed by atoms with E-state index in [9.17, 15) is 8.78 Å². The molecule has 0 amide bonds. The number of halogens is 2. The maximum Gasteiger partial charge on any atom is 0.131 e. The fraction of sp³-hybridized carbons (Fsp3) is 0.438. The van der Waals surface area contributed by atoms with Crippen molar-refractivity contribution >= 4 is 0 Å². The van der Waals surface area contributed by atoms with E-state index in [1.165, 1.54) is 18.2 Å². The van der Waals surface area contributed by atoms with E-state index in [1.54, 1.807) is 4.68 Å². The first kappa shape index (κ1) is 15.6. The zero-order chi connectivity index (χ0) is 15.6. The zero-order valence-electron chi connectivity index (χ0n) is 12.9. The van der Waals surface area contributed by atoms with Crippen LogP contribution in [0.25, 0.3) is 0 Å². The number of aromatic nitrogens is 2. The number of aryl methyl sites for hydroxylation is 1. The highest BCUT2D eigenvalue weighted by molar-refractivity contribution is 5.29. The van der Waals surface area contributed by atoms with Crippen molar-refractivity contribution in [3.63, 3.8) is 0 Å². The second-order valence-electron chi connectivity index (χ2n) is 5.19. The van der Waals surface area contributed by atoms with Crippen molar-refractivity contribution in [2.75, 3.05) is 7.05 Å². The average molecular weight is 293 g/mol. The molecular weight excluding hydrogens is 272 g/mol. The van der Waals surface area contributed by atoms with Gasteiger partial charge in [0.15, 0.2) is 0 Å². The summed E-state index contributed by atoms with van der Waals surface area (Å²) in [4.78, 5) is 0. The fourth-order valence-electron chi connectivity index (χ4n) is 2.75. The number of hydrogen-bond acceptors (Lipinski definition) is 2. The summed E-state index contributed by atoms with van der Waals surface area (Å²) < 4.78 is 29.2. The lowest BCUT2D eigenvalue weighted by molar-refractivity contribution is 0.527. The molecule has 0 bridgehead atoms. The minimum atomic E-state index is -0.537. The van der Waals surface area contributed by atoms with Crippen LogP contribution in [0.4, 0.5) is 8.78 Å². The molecule has 0 fully saturated rings. The molecule has 1 heterocycles. The van der Waals surface area contributed by atoms with Gasteiger partial charge in [0.1, 0.15) is 11.6 Å². The molecule has 0 spiro atoms. The molecule has 1 aromatic carbocycles. The van der Waals surface area contributed by atoms with Gasteiger partial charge in [-0.2, -0.15) is 5.10 Å². The first-order valence-corrected chi connectivity index (χ1v) is 7.13. The monoisotopic (exact) mass is 293 g/mol. The lowest BCUT2D eigenvalue weighted by Gasteiger charge is -2.15. The van der Waals surface area contributed by atoms with Crippen molar-refractivity contribution < 1.29 is 8.78 Å². The molecule has 3 nitrogen and oxygen atoms in total. The second kappa shape index (κ2) is 6.35. The normalized spacial score (nSPS) is 12.7. The molecule has 1 unspecified atom stereocenters. The molecule has 1 atom stereocenters. The molecular formula is C16H21F2N3. The van der Waals surface area contributed by atoms with Crippen LogP contribution in [0.3, 0.4) is 0 Å². The summed E-state index contributed by atoms with van der Waals surface area (Å²) in [6.07, 6.45) is 0.929. The van der Waals surface area contributed by atoms with Crippen LogP contribution >= 0.6 is 0 Å². The lowest BCUT2D eigenvalue weighted by Crippen LogP contribution is -2.17. The van der Waals surface area contributed by atoms with Gasteiger partial charge < -0.3 is 5.32 Å². The van der Waals surface area contributed by atoms with Crippen LogP contribution in [0.15, 0.2) is 18.2 Å². The summed E-state index contributed by atoms with van der Waals surface area (Å²) in [5.41, 5.74) is 2.99. The zero-order valence-corrected chi connectivity index (χ0v) is 12.9. The Morgan fingerprint density at radius 3 is 2.38 bits per heavy atom. The molecule has 2 aromatic rings. The predicted octanol–water partition coefficient (Wildman–Crippen LogP) is 3.50. The van der Waals surface area contributed by atoms with Crippen LogP contribution in [0.5, 0.6) is 0 Å². The van der Waals surface area contributed by atoms with E-state index in [1.807, 2.05) is 20.9 Å². The Labute approximate surface area is 124 Å². The van der Waals surface area contributed by atoms with Crippen LogP contribution in [0, 0.1) is 25.5 Å². The summed E-state index contributed by atoms with van der Waals surface area (Å²) in [5, 5.41) is 7.70. The third kappa shape index (κ3) is 2.97. The number of nitrogens with zero attached hydrogens (tertiary/aromatic N) is 2. The second-order valence-corrected chi connectivity index (χ2v) is 5.19. The Morgan fingerprint density at radius 2 is 1.86 bits per heavy atom. The summed E-state index contributed by atoms with van der Waals surface area (Å²) in [7, 11) is 1.90. The minimum absolute atomic E-state index is 0.0483. The average Bonchev–Trinajstić information content (AvgIpc) is 2.72. The van der Waals surface area contributed by atoms with E-state index in [2.05, 4.69) is 17.3 Å². The number of hydrogen-bond donors (Lipinski definition) is 1. The van der Waals surface area contributed by atoms with Gasteiger partial charge in [0.05, 0.1) is 12.2 Å². The van der Waals surface area contributed by atoms with Gasteiger partial charge in [-0.3, -0.25) is 4.68 Å². The number of nitrogens with one attached hydrogen (secondary N) is 1. The van der Waals surface area contributed by atoms with Crippen LogP contribution in [-0.2, 0) is 6.54 Å². The molecule has 0 saturated carbocycles. The Kier molecular flexibility index (Phi) is 4.73. The van der Waals surface area contributed by atoms with E-state index >= 15 is 0 Å². The maximum absolute atomic E-state index is 13.8. The smallest absolute Gasteiger partial charge is 0.131 e. The molecule has 0 aliphatic heterocycles. The summed E-state index contributed by atoms with van der Waals surface area (Å²) in [5.74, 6) is -1.07. The minimum Gasteiger partial charge on any atom is -0.313 e. The third-order valence-electron chi connectivity index (χ3n) is 3.91. The standard InChI is InChI=1S/C16H21F2N3/c1-5-15(19-4)16-10(2)20-21(11(16)3)9-12-13(17)7-6-8-14(12)18/h6-8,15,19H,5,9H2,1-4H3. The van der Waals surface area contributed by atoms with Crippen molar-refractivity contribution in [3.05, 3.63) is 52.3 Å². The van der Waals surface area contributed by atoms with Gasteiger partial charge in [0.2, 0.25) is 0 Å². The Morgan fingerprint density at radius 1 is 1.24 bits per heavy atom. The van der Waals surface area contributed by atoms with Gasteiger partial charge in [-0.25, -0.2) is 8.78 Å². The SMILES string of the molecule is CCC(NC)c1c(C)nn(Cc2c(F)cccc2F)c1C. The van der Waals surface area contributed by atoms with Gasteiger partial charge >= 0.3 is 0 Å². The number of benzene rings is 1. The molecule has 1 aromatic heterocycles. The van der Waals surface area contributed by atoms with Gasteiger partial charge in [-0.1, -0.05) is 13.0 Å². The molecule has 1 N–H and O–H groups in total. The quantitative estimate of drug-likeness (QED) is 0.914. The highest BCUT2D eigenvalue weighted by Gasteiger charge is 2.19. The molecule has 2 rings (SSSR count). The topological polar surface area (TPSA) is 29.9 Å². The Bertz CT molecular complexity index is 610. The lowest BCUT2D eigenvalue weighted by atomic mass is 10.0. The van der Waals surface area contributed by atoms with Crippen molar-refractivity contribution in [1.82, 2.24) is 15.1 Å². The molecule has 0 radical (unpaired) electrons. The van der Waals surface area contributed by atoms with Crippen molar-refractivity contribution in [2.24, 2.45) is 0 Å². The van der Waals surface area contributed by atoms with E-state index in [-0.39, 0.29) is 18.2 Å². The first-order valence-electron chi connectivity index (χ1n) is 7.13. The number of rotatable bonds is 5. The van der Waals surface area contributed by atoms with E-state index in [0.29, 0.717) is 0 Å². The van der Waals surface area contributed by atoms with Crippen LogP contribution in [-0.4, -0.2) is 16.8 Å². The van der Waals surface area contributed by atoms with E-state index in [0.717, 1.165) is 23.4 Å². The molecule has 0 aliphatic rings. The summed E-state index contributed by atoms with van der Waals surface area (Å²) in [6, 6.07) is 4.11. The molecule has 0 aliphatic carbocycles. The van der Waals surface area contributed by atoms with E-state index < -0.39 is 11.6 Å². The van der Waals surface area contributed by atoms with E-state index in [4.69, 9.17) is 0 Å². The highest BCUT2D eigenvalue weighted by Crippen LogP contribution is 2.25. The largest absolute Gasteiger partial charge is 0.313 e. The van der Waals surface area contributed by atoms with Crippen LogP contribution < -0.4 is 5.32 Å². The van der Waals surface area contributed by atoms with Gasteiger partial charge in [-0.05, 0) is 39.4 Å². The molecule has 21 heavy (non-hydrogen) atoms. The maximum atomic E-state index is 13.8. The third-order valence-corrected chi connectivity index (χ3v) is 3.91. The van der Waals surface area contributed by atoms with Crippen molar-refractivity contribution in [3.8, 4) is 0 Å². The molecule has 0 saturated heterocycles. The fourth-order valence-corrected chi connectivity index (χ4v) is 2.75. The predicted molar refractivity (Wildman–Crippen MR) is 79.3 cm³/mol. The Hall–Kier alpha value is -1.75. The molecule has 5 heteroatoms. The van der Waals surface area contributed by atoms with Crippen molar-refractivity contribution in [2.45, 2.75) is 39.8 Å². The summed E-state index contributed by atoms with van der Waals surface area (Å²) in [6.45, 7) is 6.06. The van der Waals surface area contributed by atoms with Gasteiger partial charge in [0.25, 0.3) is 0 Å². The van der Waals surface area contributed by atoms with Gasteiger partial charge in [0, 0.05) is 22.9 Å². The summed E-state index contributed by atoms with van der Waals surface area (Å²) >= 11 is 0. The molecule has 114 valence electrons. The highest BCUT2D eigenvalue weighted by atomic mass is 19.1. The van der Waals surface area contributed by atoms with Gasteiger partial charge in [-0.15, -0.1) is 0 Å².